The number of rotatable bonds is 14. The van der Waals surface area contributed by atoms with Crippen LogP contribution in [0.3, 0.4) is 0 Å². The molecule has 124 heavy (non-hydrogen) atoms. The molecule has 0 N–H and O–H groups in total. The van der Waals surface area contributed by atoms with E-state index < -0.39 is 289 Å². The van der Waals surface area contributed by atoms with Gasteiger partial charge in [0.2, 0.25) is 0 Å². The predicted octanol–water partition coefficient (Wildman–Crippen LogP) is 16.5. The molecule has 0 heterocycles. The van der Waals surface area contributed by atoms with Crippen molar-refractivity contribution in [2.24, 2.45) is 0 Å². The van der Waals surface area contributed by atoms with Gasteiger partial charge in [0.25, 0.3) is 22.6 Å². The minimum atomic E-state index is -7.22. The van der Waals surface area contributed by atoms with Gasteiger partial charge in [-0.25, -0.2) is 176 Å². The lowest BCUT2D eigenvalue weighted by atomic mass is 9.12. The van der Waals surface area contributed by atoms with Crippen molar-refractivity contribution in [3.63, 3.8) is 0 Å². The fourth-order valence-electron chi connectivity index (χ4n) is 13.9. The monoisotopic (exact) mass is 1930 g/mol. The molecule has 0 saturated carbocycles. The summed E-state index contributed by atoms with van der Waals surface area (Å²) in [6, 6.07) is 46.6. The second-order valence-corrected chi connectivity index (χ2v) is 29.3. The Bertz CT molecular complexity index is 5440. The summed E-state index contributed by atoms with van der Waals surface area (Å²) in [7, 11) is -0.0977. The maximum Gasteiger partial charge on any atom is 0.297 e. The van der Waals surface area contributed by atoms with Crippen LogP contribution in [0.4, 0.5) is 176 Å². The number of hydrogen-bond donors (Lipinski definition) is 0. The third kappa shape index (κ3) is 14.9. The molecule has 0 aliphatic rings. The van der Waals surface area contributed by atoms with Crippen LogP contribution < -0.4 is 66.3 Å². The molecule has 44 heteroatoms. The van der Waals surface area contributed by atoms with Crippen LogP contribution in [0, 0.1) is 243 Å². The molecule has 13 rings (SSSR count). The lowest BCUT2D eigenvalue weighted by Crippen LogP contribution is -3.34. The standard InChI is InChI=1S/C32H27IS.2C24BF20/c1-24-12-21-32(33)31(22-24)27-17-13-25(14-18-27)23-26-15-19-30(20-16-26)34(28-8-4-2-5-9-28)29-10-6-3-7-11-29;2*26-5-1(6(27)14(35)21(42)13(5)34)25(2-7(28)15(36)22(43)16(37)8(2)29,3-9(30)17(38)23(44)18(39)10(3)31)4-11(32)19(40)24(45)20(41)12(4)33/h2-22,33H,23H2,1H3;;/q+2;2*-1. The van der Waals surface area contributed by atoms with Crippen LogP contribution in [0.15, 0.2) is 142 Å². The van der Waals surface area contributed by atoms with E-state index in [0.717, 1.165) is 6.42 Å². The molecule has 0 atom stereocenters. The molecule has 0 aromatic heterocycles. The molecule has 13 aromatic carbocycles. The zero-order valence-corrected chi connectivity index (χ0v) is 62.6. The number of benzene rings is 13. The van der Waals surface area contributed by atoms with Crippen LogP contribution in [0.25, 0.3) is 11.1 Å². The summed E-state index contributed by atoms with van der Waals surface area (Å²) in [5.41, 5.74) is -22.1. The minimum absolute atomic E-state index is 0.0977. The highest BCUT2D eigenvalue weighted by Gasteiger charge is 2.55. The van der Waals surface area contributed by atoms with Gasteiger partial charge in [-0.2, -0.15) is 0 Å². The Morgan fingerprint density at radius 1 is 0.202 bits per heavy atom. The summed E-state index contributed by atoms with van der Waals surface area (Å²) in [5.74, 6) is -143. The van der Waals surface area contributed by atoms with Crippen molar-refractivity contribution in [2.75, 3.05) is 0 Å². The highest BCUT2D eigenvalue weighted by Crippen LogP contribution is 2.37. The van der Waals surface area contributed by atoms with Gasteiger partial charge in [-0.3, -0.25) is 0 Å². The first kappa shape index (κ1) is 93.0. The molecule has 0 amide bonds. The molecule has 0 bridgehead atoms. The first-order valence-corrected chi connectivity index (χ1v) is 35.7. The quantitative estimate of drug-likeness (QED) is 0.0254. The fourth-order valence-corrected chi connectivity index (χ4v) is 16.7. The lowest BCUT2D eigenvalue weighted by Gasteiger charge is -2.44. The van der Waals surface area contributed by atoms with Crippen molar-refractivity contribution >= 4 is 66.9 Å². The van der Waals surface area contributed by atoms with E-state index in [4.69, 9.17) is 0 Å². The SMILES string of the molecule is Cc1ccc([IH+])c(-c2ccc(Cc3ccc([S+](c4ccccc4)c4ccccc4)cc3)cc2)c1.Fc1c(F)c(F)c([B-](c2c(F)c(F)c(F)c(F)c2F)(c2c(F)c(F)c(F)c(F)c2F)c2c(F)c(F)c(F)c(F)c2F)c(F)c1F.Fc1c(F)c(F)c([B-](c2c(F)c(F)c(F)c(F)c2F)(c2c(F)c(F)c(F)c(F)c2F)c2c(F)c(F)c(F)c(F)c2F)c(F)c1F. The van der Waals surface area contributed by atoms with Gasteiger partial charge in [-0.05, 0) is 78.6 Å². The summed E-state index contributed by atoms with van der Waals surface area (Å²) >= 11 is 2.10. The van der Waals surface area contributed by atoms with Gasteiger partial charge in [0, 0.05) is 5.56 Å². The maximum atomic E-state index is 15.4. The van der Waals surface area contributed by atoms with E-state index in [1.165, 1.54) is 46.1 Å². The van der Waals surface area contributed by atoms with Gasteiger partial charge in [0.05, 0.1) is 10.9 Å². The first-order chi connectivity index (χ1) is 58.1. The highest BCUT2D eigenvalue weighted by molar-refractivity contribution is 7.97. The van der Waals surface area contributed by atoms with Crippen LogP contribution in [-0.4, -0.2) is 12.3 Å². The third-order valence-electron chi connectivity index (χ3n) is 19.3. The Morgan fingerprint density at radius 2 is 0.371 bits per heavy atom. The molecule has 0 fully saturated rings. The molecular weight excluding hydrogens is 1900 g/mol. The summed E-state index contributed by atoms with van der Waals surface area (Å²) in [4.78, 5) is 4.05. The molecule has 0 nitrogen and oxygen atoms in total. The molecule has 0 unspecified atom stereocenters. The van der Waals surface area contributed by atoms with E-state index >= 15 is 70.2 Å². The van der Waals surface area contributed by atoms with E-state index in [0.29, 0.717) is 0 Å². The number of halogens is 41. The second kappa shape index (κ2) is 35.1. The number of hydrogen-bond acceptors (Lipinski definition) is 0. The van der Waals surface area contributed by atoms with Crippen LogP contribution in [0.5, 0.6) is 0 Å². The van der Waals surface area contributed by atoms with E-state index in [-0.39, 0.29) is 10.9 Å². The minimum Gasteiger partial charge on any atom is -0.207 e. The van der Waals surface area contributed by atoms with Gasteiger partial charge < -0.3 is 0 Å². The Morgan fingerprint density at radius 3 is 0.565 bits per heavy atom. The topological polar surface area (TPSA) is 0 Å². The van der Waals surface area contributed by atoms with Crippen LogP contribution in [0.1, 0.15) is 16.7 Å². The largest absolute Gasteiger partial charge is 0.297 e. The zero-order valence-electron chi connectivity index (χ0n) is 59.4. The van der Waals surface area contributed by atoms with Gasteiger partial charge in [-0.1, -0.05) is 84.4 Å². The molecule has 0 aliphatic carbocycles. The van der Waals surface area contributed by atoms with E-state index in [9.17, 15) is 105 Å². The predicted molar refractivity (Wildman–Crippen MR) is 359 cm³/mol. The van der Waals surface area contributed by atoms with Crippen molar-refractivity contribution < 1.29 is 198 Å². The normalized spacial score (nSPS) is 11.7. The average molecular weight is 1930 g/mol. The van der Waals surface area contributed by atoms with Gasteiger partial charge in [0.15, 0.2) is 158 Å². The third-order valence-corrected chi connectivity index (χ3v) is 22.6. The fraction of sp³-hybridized carbons (Fsp3) is 0.0250. The first-order valence-electron chi connectivity index (χ1n) is 33.3. The van der Waals surface area contributed by atoms with E-state index in [2.05, 4.69) is 157 Å². The molecule has 646 valence electrons. The molecular formula is C80H27B2F40IS. The van der Waals surface area contributed by atoms with Crippen molar-refractivity contribution in [2.45, 2.75) is 28.0 Å². The second-order valence-electron chi connectivity index (χ2n) is 26.1. The van der Waals surface area contributed by atoms with Crippen molar-refractivity contribution in [3.8, 4) is 11.1 Å². The molecule has 0 saturated heterocycles. The Hall–Kier alpha value is -11.7. The smallest absolute Gasteiger partial charge is 0.207 e. The molecule has 0 aliphatic heterocycles. The summed E-state index contributed by atoms with van der Waals surface area (Å²) < 4.78 is 589. The Kier molecular flexibility index (Phi) is 26.3. The van der Waals surface area contributed by atoms with Crippen molar-refractivity contribution in [1.29, 1.82) is 0 Å². The van der Waals surface area contributed by atoms with Gasteiger partial charge in [-0.15, -0.1) is 43.7 Å². The summed E-state index contributed by atoms with van der Waals surface area (Å²) in [6.07, 6.45) is -13.5. The highest BCUT2D eigenvalue weighted by atomic mass is 127. The average Bonchev–Trinajstić information content (AvgIpc) is 0.684. The lowest BCUT2D eigenvalue weighted by molar-refractivity contribution is -0.326. The summed E-state index contributed by atoms with van der Waals surface area (Å²) in [5, 5.41) is 0. The summed E-state index contributed by atoms with van der Waals surface area (Å²) in [6.45, 7) is 2.16. The molecule has 0 spiro atoms. The van der Waals surface area contributed by atoms with Crippen molar-refractivity contribution in [1.82, 2.24) is 0 Å². The zero-order chi connectivity index (χ0) is 92.0. The van der Waals surface area contributed by atoms with E-state index in [1.54, 1.807) is 0 Å². The van der Waals surface area contributed by atoms with Gasteiger partial charge in [0.1, 0.15) is 105 Å². The van der Waals surface area contributed by atoms with Gasteiger partial charge >= 0.3 is 0 Å². The van der Waals surface area contributed by atoms with E-state index in [1.807, 2.05) is 0 Å². The van der Waals surface area contributed by atoms with Crippen LogP contribution in [-0.2, 0) is 17.3 Å². The van der Waals surface area contributed by atoms with Crippen molar-refractivity contribution in [3.05, 3.63) is 380 Å². The number of aryl methyl sites for hydroxylation is 1. The van der Waals surface area contributed by atoms with Crippen LogP contribution >= 0.6 is 0 Å². The van der Waals surface area contributed by atoms with Crippen LogP contribution in [0.2, 0.25) is 0 Å². The Labute approximate surface area is 681 Å². The molecule has 13 aromatic rings. The Balaban J connectivity index is 0.000000183. The maximum absolute atomic E-state index is 15.4. The molecule has 0 radical (unpaired) electrons.